The van der Waals surface area contributed by atoms with Gasteiger partial charge < -0.3 is 5.32 Å². The van der Waals surface area contributed by atoms with E-state index < -0.39 is 16.3 Å². The summed E-state index contributed by atoms with van der Waals surface area (Å²) in [5.74, 6) is 0.480. The van der Waals surface area contributed by atoms with E-state index in [1.165, 1.54) is 4.31 Å². The van der Waals surface area contributed by atoms with Crippen molar-refractivity contribution >= 4 is 16.1 Å². The topological polar surface area (TPSA) is 69.7 Å². The second-order valence-electron chi connectivity index (χ2n) is 6.64. The molecule has 0 radical (unpaired) electrons. The van der Waals surface area contributed by atoms with Gasteiger partial charge in [-0.15, -0.1) is 0 Å². The fraction of sp³-hybridized carbons (Fsp3) is 0.929. The third-order valence-corrected chi connectivity index (χ3v) is 6.84. The fourth-order valence-corrected chi connectivity index (χ4v) is 5.02. The number of carbonyl (C=O) groups is 1. The van der Waals surface area contributed by atoms with Gasteiger partial charge in [0.25, 0.3) is 10.2 Å². The van der Waals surface area contributed by atoms with Crippen LogP contribution in [0.25, 0.3) is 0 Å². The average Bonchev–Trinajstić information content (AvgIpc) is 3.11. The lowest BCUT2D eigenvalue weighted by atomic mass is 10.0. The van der Waals surface area contributed by atoms with Crippen LogP contribution in [-0.4, -0.2) is 54.7 Å². The van der Waals surface area contributed by atoms with Crippen molar-refractivity contribution in [3.8, 4) is 0 Å². The first-order valence-corrected chi connectivity index (χ1v) is 9.45. The Balaban J connectivity index is 1.69. The first-order valence-electron chi connectivity index (χ1n) is 8.06. The Bertz CT molecular complexity index is 496. The second-order valence-corrected chi connectivity index (χ2v) is 8.52. The Kier molecular flexibility index (Phi) is 4.25. The number of nitrogens with one attached hydrogen (secondary N) is 1. The van der Waals surface area contributed by atoms with Gasteiger partial charge in [-0.3, -0.25) is 4.79 Å². The maximum absolute atomic E-state index is 12.8. The molecule has 3 aliphatic rings. The minimum atomic E-state index is -3.49. The molecule has 2 saturated heterocycles. The summed E-state index contributed by atoms with van der Waals surface area (Å²) in [5, 5.41) is 2.94. The SMILES string of the molecule is CC1CCN(S(=O)(=O)N2CCC[C@@H]2C(=O)NC2CC2)CC1. The van der Waals surface area contributed by atoms with Crippen LogP contribution in [0.5, 0.6) is 0 Å². The molecule has 0 bridgehead atoms. The molecule has 0 aromatic carbocycles. The lowest BCUT2D eigenvalue weighted by Gasteiger charge is -2.34. The Morgan fingerprint density at radius 1 is 1.05 bits per heavy atom. The lowest BCUT2D eigenvalue weighted by Crippen LogP contribution is -2.52. The molecule has 21 heavy (non-hydrogen) atoms. The van der Waals surface area contributed by atoms with Crippen LogP contribution in [0.4, 0.5) is 0 Å². The van der Waals surface area contributed by atoms with Crippen LogP contribution in [0.2, 0.25) is 0 Å². The molecule has 7 heteroatoms. The summed E-state index contributed by atoms with van der Waals surface area (Å²) in [4.78, 5) is 12.3. The zero-order chi connectivity index (χ0) is 15.0. The van der Waals surface area contributed by atoms with Crippen molar-refractivity contribution in [2.75, 3.05) is 19.6 Å². The highest BCUT2D eigenvalue weighted by Crippen LogP contribution is 2.28. The number of hydrogen-bond donors (Lipinski definition) is 1. The van der Waals surface area contributed by atoms with Gasteiger partial charge in [-0.1, -0.05) is 6.92 Å². The smallest absolute Gasteiger partial charge is 0.282 e. The summed E-state index contributed by atoms with van der Waals surface area (Å²) in [7, 11) is -3.49. The van der Waals surface area contributed by atoms with Gasteiger partial charge >= 0.3 is 0 Å². The minimum absolute atomic E-state index is 0.107. The molecule has 2 aliphatic heterocycles. The monoisotopic (exact) mass is 315 g/mol. The van der Waals surface area contributed by atoms with Gasteiger partial charge in [0.15, 0.2) is 0 Å². The van der Waals surface area contributed by atoms with Crippen LogP contribution < -0.4 is 5.32 Å². The highest BCUT2D eigenvalue weighted by atomic mass is 32.2. The number of carbonyl (C=O) groups excluding carboxylic acids is 1. The molecule has 1 atom stereocenters. The van der Waals surface area contributed by atoms with Crippen molar-refractivity contribution in [3.63, 3.8) is 0 Å². The van der Waals surface area contributed by atoms with Crippen molar-refractivity contribution in [1.29, 1.82) is 0 Å². The minimum Gasteiger partial charge on any atom is -0.352 e. The van der Waals surface area contributed by atoms with Crippen molar-refractivity contribution < 1.29 is 13.2 Å². The molecular formula is C14H25N3O3S. The lowest BCUT2D eigenvalue weighted by molar-refractivity contribution is -0.124. The molecule has 0 aromatic rings. The molecule has 2 heterocycles. The molecule has 0 spiro atoms. The molecule has 3 fully saturated rings. The third kappa shape index (κ3) is 3.24. The number of amides is 1. The molecule has 0 aromatic heterocycles. The second kappa shape index (κ2) is 5.85. The van der Waals surface area contributed by atoms with Crippen molar-refractivity contribution in [1.82, 2.24) is 13.9 Å². The largest absolute Gasteiger partial charge is 0.352 e. The molecule has 1 aliphatic carbocycles. The Morgan fingerprint density at radius 2 is 1.71 bits per heavy atom. The Labute approximate surface area is 127 Å². The van der Waals surface area contributed by atoms with Crippen LogP contribution in [0.15, 0.2) is 0 Å². The molecule has 0 unspecified atom stereocenters. The summed E-state index contributed by atoms with van der Waals surface area (Å²) in [5.41, 5.74) is 0. The molecule has 3 rings (SSSR count). The van der Waals surface area contributed by atoms with Gasteiger partial charge in [-0.05, 0) is 44.4 Å². The zero-order valence-corrected chi connectivity index (χ0v) is 13.4. The van der Waals surface area contributed by atoms with Crippen molar-refractivity contribution in [3.05, 3.63) is 0 Å². The molecule has 120 valence electrons. The number of hydrogen-bond acceptors (Lipinski definition) is 3. The van der Waals surface area contributed by atoms with E-state index in [4.69, 9.17) is 0 Å². The predicted molar refractivity (Wildman–Crippen MR) is 79.8 cm³/mol. The van der Waals surface area contributed by atoms with E-state index in [0.29, 0.717) is 32.0 Å². The Hall–Kier alpha value is -0.660. The van der Waals surface area contributed by atoms with Gasteiger partial charge in [-0.2, -0.15) is 17.0 Å². The standard InChI is InChI=1S/C14H25N3O3S/c1-11-6-9-16(10-7-11)21(19,20)17-8-2-3-13(17)14(18)15-12-4-5-12/h11-13H,2-10H2,1H3,(H,15,18)/t13-/m1/s1. The van der Waals surface area contributed by atoms with Crippen molar-refractivity contribution in [2.24, 2.45) is 5.92 Å². The normalized spacial score (nSPS) is 29.7. The molecular weight excluding hydrogens is 290 g/mol. The molecule has 1 amide bonds. The van der Waals surface area contributed by atoms with E-state index in [1.807, 2.05) is 0 Å². The predicted octanol–water partition coefficient (Wildman–Crippen LogP) is 0.706. The molecule has 6 nitrogen and oxygen atoms in total. The summed E-state index contributed by atoms with van der Waals surface area (Å²) >= 11 is 0. The summed E-state index contributed by atoms with van der Waals surface area (Å²) < 4.78 is 28.6. The molecule has 1 saturated carbocycles. The van der Waals surface area contributed by atoms with E-state index in [1.54, 1.807) is 4.31 Å². The summed E-state index contributed by atoms with van der Waals surface area (Å²) in [6, 6.07) is -0.228. The highest BCUT2D eigenvalue weighted by Gasteiger charge is 2.43. The van der Waals surface area contributed by atoms with Crippen molar-refractivity contribution in [2.45, 2.75) is 57.5 Å². The summed E-state index contributed by atoms with van der Waals surface area (Å²) in [6.07, 6.45) is 5.27. The number of nitrogens with zero attached hydrogens (tertiary/aromatic N) is 2. The van der Waals surface area contributed by atoms with Crippen LogP contribution >= 0.6 is 0 Å². The summed E-state index contributed by atoms with van der Waals surface area (Å²) in [6.45, 7) is 3.79. The van der Waals surface area contributed by atoms with Crippen LogP contribution in [-0.2, 0) is 15.0 Å². The first kappa shape index (κ1) is 15.2. The van der Waals surface area contributed by atoms with Gasteiger partial charge in [-0.25, -0.2) is 0 Å². The molecule has 1 N–H and O–H groups in total. The number of piperidine rings is 1. The van der Waals surface area contributed by atoms with Gasteiger partial charge in [0.05, 0.1) is 0 Å². The van der Waals surface area contributed by atoms with E-state index in [2.05, 4.69) is 12.2 Å². The van der Waals surface area contributed by atoms with E-state index in [9.17, 15) is 13.2 Å². The third-order valence-electron chi connectivity index (χ3n) is 4.80. The fourth-order valence-electron chi connectivity index (χ4n) is 3.17. The van der Waals surface area contributed by atoms with Crippen LogP contribution in [0.3, 0.4) is 0 Å². The first-order chi connectivity index (χ1) is 9.98. The zero-order valence-electron chi connectivity index (χ0n) is 12.6. The van der Waals surface area contributed by atoms with Gasteiger partial charge in [0, 0.05) is 25.7 Å². The maximum Gasteiger partial charge on any atom is 0.282 e. The Morgan fingerprint density at radius 3 is 2.33 bits per heavy atom. The van der Waals surface area contributed by atoms with Gasteiger partial charge in [0.1, 0.15) is 6.04 Å². The average molecular weight is 315 g/mol. The van der Waals surface area contributed by atoms with Gasteiger partial charge in [0.2, 0.25) is 5.91 Å². The van der Waals surface area contributed by atoms with E-state index in [-0.39, 0.29) is 11.9 Å². The van der Waals surface area contributed by atoms with Crippen LogP contribution in [0.1, 0.15) is 45.4 Å². The number of rotatable bonds is 4. The maximum atomic E-state index is 12.8. The van der Waals surface area contributed by atoms with E-state index in [0.717, 1.165) is 32.1 Å². The quantitative estimate of drug-likeness (QED) is 0.830. The van der Waals surface area contributed by atoms with E-state index >= 15 is 0 Å². The highest BCUT2D eigenvalue weighted by molar-refractivity contribution is 7.86. The van der Waals surface area contributed by atoms with Crippen LogP contribution in [0, 0.1) is 5.92 Å².